The van der Waals surface area contributed by atoms with Gasteiger partial charge in [-0.1, -0.05) is 12.1 Å². The van der Waals surface area contributed by atoms with Crippen LogP contribution in [0, 0.1) is 10.1 Å². The van der Waals surface area contributed by atoms with Crippen molar-refractivity contribution >= 4 is 21.4 Å². The lowest BCUT2D eigenvalue weighted by molar-refractivity contribution is -0.385. The van der Waals surface area contributed by atoms with Gasteiger partial charge in [-0.15, -0.1) is 0 Å². The highest BCUT2D eigenvalue weighted by Gasteiger charge is 2.30. The zero-order valence-corrected chi connectivity index (χ0v) is 12.1. The molecule has 0 radical (unpaired) electrons. The van der Waals surface area contributed by atoms with Gasteiger partial charge in [-0.2, -0.15) is 13.2 Å². The number of rotatable bonds is 4. The van der Waals surface area contributed by atoms with E-state index in [2.05, 4.69) is 0 Å². The minimum absolute atomic E-state index is 0.300. The molecule has 0 aliphatic carbocycles. The van der Waals surface area contributed by atoms with E-state index in [0.29, 0.717) is 6.07 Å². The van der Waals surface area contributed by atoms with E-state index in [1.165, 1.54) is 6.07 Å². The Kier molecular flexibility index (Phi) is 4.28. The van der Waals surface area contributed by atoms with Crippen LogP contribution in [0.25, 0.3) is 0 Å². The molecule has 0 atom stereocenters. The van der Waals surface area contributed by atoms with Crippen molar-refractivity contribution < 1.29 is 26.5 Å². The molecule has 6 nitrogen and oxygen atoms in total. The van der Waals surface area contributed by atoms with Gasteiger partial charge in [0.2, 0.25) is 0 Å². The zero-order chi connectivity index (χ0) is 17.3. The Balaban J connectivity index is 2.35. The van der Waals surface area contributed by atoms with E-state index in [0.717, 1.165) is 36.4 Å². The van der Waals surface area contributed by atoms with E-state index < -0.39 is 37.3 Å². The predicted octanol–water partition coefficient (Wildman–Crippen LogP) is 3.41. The molecule has 0 aliphatic heterocycles. The molecular weight excluding hydrogens is 337 g/mol. The van der Waals surface area contributed by atoms with Crippen LogP contribution in [0.2, 0.25) is 0 Å². The first-order valence-electron chi connectivity index (χ1n) is 6.04. The van der Waals surface area contributed by atoms with Gasteiger partial charge in [-0.25, -0.2) is 8.42 Å². The normalized spacial score (nSPS) is 12.0. The van der Waals surface area contributed by atoms with E-state index >= 15 is 0 Å². The summed E-state index contributed by atoms with van der Waals surface area (Å²) < 4.78 is 64.0. The van der Waals surface area contributed by atoms with Crippen molar-refractivity contribution in [3.63, 3.8) is 0 Å². The van der Waals surface area contributed by atoms with E-state index in [1.54, 1.807) is 0 Å². The third-order valence-electron chi connectivity index (χ3n) is 2.78. The second kappa shape index (κ2) is 5.88. The van der Waals surface area contributed by atoms with Crippen molar-refractivity contribution in [2.75, 3.05) is 4.72 Å². The summed E-state index contributed by atoms with van der Waals surface area (Å²) in [6.07, 6.45) is -4.62. The molecule has 0 saturated carbocycles. The standard InChI is InChI=1S/C13H9F3N2O4S/c14-13(15,16)9-3-1-4-10(7-9)17-23(21,22)12-6-2-5-11(8-12)18(19)20/h1-8,17H. The third kappa shape index (κ3) is 3.97. The summed E-state index contributed by atoms with van der Waals surface area (Å²) >= 11 is 0. The number of sulfonamides is 1. The summed E-state index contributed by atoms with van der Waals surface area (Å²) in [4.78, 5) is 9.46. The van der Waals surface area contributed by atoms with Crippen molar-refractivity contribution in [2.45, 2.75) is 11.1 Å². The Morgan fingerprint density at radius 3 is 2.30 bits per heavy atom. The molecule has 0 spiro atoms. The summed E-state index contributed by atoms with van der Waals surface area (Å²) in [5.74, 6) is 0. The van der Waals surface area contributed by atoms with Gasteiger partial charge in [-0.3, -0.25) is 14.8 Å². The molecule has 2 rings (SSSR count). The lowest BCUT2D eigenvalue weighted by Gasteiger charge is -2.11. The Labute approximate surface area is 128 Å². The number of hydrogen-bond donors (Lipinski definition) is 1. The van der Waals surface area contributed by atoms with Gasteiger partial charge in [0.15, 0.2) is 0 Å². The zero-order valence-electron chi connectivity index (χ0n) is 11.2. The van der Waals surface area contributed by atoms with Crippen LogP contribution in [0.4, 0.5) is 24.5 Å². The first-order valence-corrected chi connectivity index (χ1v) is 7.52. The highest BCUT2D eigenvalue weighted by atomic mass is 32.2. The average Bonchev–Trinajstić information content (AvgIpc) is 2.46. The lowest BCUT2D eigenvalue weighted by Crippen LogP contribution is -2.14. The molecule has 1 N–H and O–H groups in total. The van der Waals surface area contributed by atoms with Crippen molar-refractivity contribution in [3.8, 4) is 0 Å². The molecular formula is C13H9F3N2O4S. The fourth-order valence-electron chi connectivity index (χ4n) is 1.74. The van der Waals surface area contributed by atoms with E-state index in [-0.39, 0.29) is 5.69 Å². The molecule has 0 aliphatic rings. The maximum absolute atomic E-state index is 12.6. The first kappa shape index (κ1) is 16.7. The maximum Gasteiger partial charge on any atom is 0.416 e. The van der Waals surface area contributed by atoms with Gasteiger partial charge >= 0.3 is 6.18 Å². The van der Waals surface area contributed by atoms with Crippen LogP contribution < -0.4 is 4.72 Å². The number of benzene rings is 2. The van der Waals surface area contributed by atoms with Crippen LogP contribution >= 0.6 is 0 Å². The minimum Gasteiger partial charge on any atom is -0.280 e. The number of nitro groups is 1. The topological polar surface area (TPSA) is 89.3 Å². The Morgan fingerprint density at radius 1 is 1.04 bits per heavy atom. The van der Waals surface area contributed by atoms with E-state index in [4.69, 9.17) is 0 Å². The molecule has 2 aromatic rings. The molecule has 23 heavy (non-hydrogen) atoms. The third-order valence-corrected chi connectivity index (χ3v) is 4.16. The summed E-state index contributed by atoms with van der Waals surface area (Å²) in [6.45, 7) is 0. The Hall–Kier alpha value is -2.62. The average molecular weight is 346 g/mol. The second-order valence-electron chi connectivity index (χ2n) is 4.44. The van der Waals surface area contributed by atoms with Gasteiger partial charge in [-0.05, 0) is 24.3 Å². The van der Waals surface area contributed by atoms with Crippen molar-refractivity contribution in [2.24, 2.45) is 0 Å². The van der Waals surface area contributed by atoms with Crippen molar-refractivity contribution in [1.29, 1.82) is 0 Å². The SMILES string of the molecule is O=[N+]([O-])c1cccc(S(=O)(=O)Nc2cccc(C(F)(F)F)c2)c1. The molecule has 0 saturated heterocycles. The fourth-order valence-corrected chi connectivity index (χ4v) is 2.83. The number of nitrogens with one attached hydrogen (secondary N) is 1. The molecule has 0 fully saturated rings. The molecule has 0 aromatic heterocycles. The number of non-ortho nitro benzene ring substituents is 1. The quantitative estimate of drug-likeness (QED) is 0.678. The second-order valence-corrected chi connectivity index (χ2v) is 6.12. The Morgan fingerprint density at radius 2 is 1.70 bits per heavy atom. The maximum atomic E-state index is 12.6. The van der Waals surface area contributed by atoms with Gasteiger partial charge in [0.25, 0.3) is 15.7 Å². The molecule has 0 amide bonds. The number of nitrogens with zero attached hydrogens (tertiary/aromatic N) is 1. The van der Waals surface area contributed by atoms with E-state index in [1.807, 2.05) is 4.72 Å². The smallest absolute Gasteiger partial charge is 0.280 e. The molecule has 0 heterocycles. The number of halogens is 3. The molecule has 0 unspecified atom stereocenters. The van der Waals surface area contributed by atoms with Crippen LogP contribution in [-0.2, 0) is 16.2 Å². The summed E-state index contributed by atoms with van der Waals surface area (Å²) in [6, 6.07) is 7.80. The number of hydrogen-bond acceptors (Lipinski definition) is 4. The highest BCUT2D eigenvalue weighted by molar-refractivity contribution is 7.92. The predicted molar refractivity (Wildman–Crippen MR) is 75.3 cm³/mol. The van der Waals surface area contributed by atoms with Crippen LogP contribution in [0.1, 0.15) is 5.56 Å². The molecule has 122 valence electrons. The van der Waals surface area contributed by atoms with Gasteiger partial charge in [0.1, 0.15) is 0 Å². The van der Waals surface area contributed by atoms with Gasteiger partial charge in [0, 0.05) is 17.8 Å². The summed E-state index contributed by atoms with van der Waals surface area (Å²) in [5, 5.41) is 10.7. The van der Waals surface area contributed by atoms with Gasteiger partial charge < -0.3 is 0 Å². The van der Waals surface area contributed by atoms with Crippen LogP contribution in [-0.4, -0.2) is 13.3 Å². The lowest BCUT2D eigenvalue weighted by atomic mass is 10.2. The van der Waals surface area contributed by atoms with Gasteiger partial charge in [0.05, 0.1) is 15.4 Å². The fraction of sp³-hybridized carbons (Fsp3) is 0.0769. The highest BCUT2D eigenvalue weighted by Crippen LogP contribution is 2.31. The van der Waals surface area contributed by atoms with E-state index in [9.17, 15) is 31.7 Å². The number of nitro benzene ring substituents is 1. The Bertz CT molecular complexity index is 850. The number of anilines is 1. The molecule has 10 heteroatoms. The van der Waals surface area contributed by atoms with Crippen molar-refractivity contribution in [3.05, 3.63) is 64.2 Å². The molecule has 0 bridgehead atoms. The summed E-state index contributed by atoms with van der Waals surface area (Å²) in [7, 11) is -4.25. The minimum atomic E-state index is -4.62. The van der Waals surface area contributed by atoms with Crippen LogP contribution in [0.15, 0.2) is 53.4 Å². The molecule has 2 aromatic carbocycles. The largest absolute Gasteiger partial charge is 0.416 e. The van der Waals surface area contributed by atoms with Crippen LogP contribution in [0.3, 0.4) is 0 Å². The van der Waals surface area contributed by atoms with Crippen LogP contribution in [0.5, 0.6) is 0 Å². The number of alkyl halides is 3. The van der Waals surface area contributed by atoms with Crippen molar-refractivity contribution in [1.82, 2.24) is 0 Å². The first-order chi connectivity index (χ1) is 10.6. The monoisotopic (exact) mass is 346 g/mol. The summed E-state index contributed by atoms with van der Waals surface area (Å²) in [5.41, 5.74) is -1.76.